The summed E-state index contributed by atoms with van der Waals surface area (Å²) in [4.78, 5) is 10.9. The number of nitrogens with one attached hydrogen (secondary N) is 2. The predicted molar refractivity (Wildman–Crippen MR) is 103 cm³/mol. The van der Waals surface area contributed by atoms with Crippen LogP contribution in [0.2, 0.25) is 0 Å². The van der Waals surface area contributed by atoms with Gasteiger partial charge in [0.25, 0.3) is 5.69 Å². The number of hydrogen-bond donors (Lipinski definition) is 3. The number of nitro benzene ring substituents is 1. The van der Waals surface area contributed by atoms with Crippen molar-refractivity contribution in [3.8, 4) is 11.1 Å². The van der Waals surface area contributed by atoms with Crippen molar-refractivity contribution in [3.05, 3.63) is 94.0 Å². The number of benzene rings is 3. The summed E-state index contributed by atoms with van der Waals surface area (Å²) in [6.07, 6.45) is 0. The Bertz CT molecular complexity index is 938. The number of amidine groups is 1. The van der Waals surface area contributed by atoms with E-state index in [1.165, 1.54) is 6.07 Å². The van der Waals surface area contributed by atoms with Crippen LogP contribution in [0.4, 0.5) is 11.4 Å². The third kappa shape index (κ3) is 3.87. The fourth-order valence-corrected chi connectivity index (χ4v) is 2.65. The topological polar surface area (TPSA) is 105 Å². The Morgan fingerprint density at radius 3 is 2.27 bits per heavy atom. The first-order valence-electron chi connectivity index (χ1n) is 8.05. The Hall–Kier alpha value is -3.67. The number of rotatable bonds is 6. The van der Waals surface area contributed by atoms with Gasteiger partial charge in [-0.3, -0.25) is 15.5 Å². The molecule has 6 nitrogen and oxygen atoms in total. The molecule has 0 amide bonds. The molecule has 0 spiro atoms. The van der Waals surface area contributed by atoms with Gasteiger partial charge in [-0.15, -0.1) is 0 Å². The lowest BCUT2D eigenvalue weighted by atomic mass is 10.0. The third-order valence-corrected chi connectivity index (χ3v) is 4.05. The first kappa shape index (κ1) is 17.2. The summed E-state index contributed by atoms with van der Waals surface area (Å²) in [5, 5.41) is 21.9. The lowest BCUT2D eigenvalue weighted by Gasteiger charge is -2.10. The zero-order chi connectivity index (χ0) is 18.5. The maximum absolute atomic E-state index is 11.3. The van der Waals surface area contributed by atoms with Crippen molar-refractivity contribution in [1.29, 1.82) is 5.41 Å². The van der Waals surface area contributed by atoms with Crippen LogP contribution in [0.15, 0.2) is 72.8 Å². The number of nitrogen functional groups attached to an aromatic ring is 1. The highest BCUT2D eigenvalue weighted by Crippen LogP contribution is 2.31. The van der Waals surface area contributed by atoms with Gasteiger partial charge in [0.1, 0.15) is 11.5 Å². The second-order valence-electron chi connectivity index (χ2n) is 5.82. The first-order valence-corrected chi connectivity index (χ1v) is 8.05. The number of nitrogens with two attached hydrogens (primary N) is 1. The van der Waals surface area contributed by atoms with Crippen molar-refractivity contribution in [3.63, 3.8) is 0 Å². The second-order valence-corrected chi connectivity index (χ2v) is 5.82. The molecule has 0 saturated carbocycles. The van der Waals surface area contributed by atoms with Gasteiger partial charge >= 0.3 is 0 Å². The molecular weight excluding hydrogens is 328 g/mol. The Morgan fingerprint density at radius 2 is 1.65 bits per heavy atom. The molecule has 0 heterocycles. The molecule has 0 aromatic heterocycles. The molecule has 26 heavy (non-hydrogen) atoms. The quantitative estimate of drug-likeness (QED) is 0.270. The standard InChI is InChI=1S/C20H18N4O2/c21-20(22)16-8-6-15(7-9-16)17-10-11-19(24(25)26)18(12-17)23-13-14-4-2-1-3-5-14/h1-12,23H,13H2,(H3,21,22). The summed E-state index contributed by atoms with van der Waals surface area (Å²) in [6.45, 7) is 0.494. The zero-order valence-corrected chi connectivity index (χ0v) is 14.0. The number of anilines is 1. The minimum atomic E-state index is -0.393. The van der Waals surface area contributed by atoms with E-state index in [4.69, 9.17) is 11.1 Å². The third-order valence-electron chi connectivity index (χ3n) is 4.05. The van der Waals surface area contributed by atoms with E-state index >= 15 is 0 Å². The molecule has 3 aromatic rings. The predicted octanol–water partition coefficient (Wildman–Crippen LogP) is 4.16. The van der Waals surface area contributed by atoms with E-state index in [-0.39, 0.29) is 11.5 Å². The van der Waals surface area contributed by atoms with Crippen LogP contribution in [0.3, 0.4) is 0 Å². The highest BCUT2D eigenvalue weighted by molar-refractivity contribution is 5.95. The molecule has 6 heteroatoms. The second kappa shape index (κ2) is 7.48. The van der Waals surface area contributed by atoms with Gasteiger partial charge in [-0.25, -0.2) is 0 Å². The minimum Gasteiger partial charge on any atom is -0.384 e. The number of hydrogen-bond acceptors (Lipinski definition) is 4. The van der Waals surface area contributed by atoms with Crippen LogP contribution in [0.5, 0.6) is 0 Å². The molecule has 0 aliphatic rings. The van der Waals surface area contributed by atoms with Crippen LogP contribution in [-0.2, 0) is 6.54 Å². The average Bonchev–Trinajstić information content (AvgIpc) is 2.67. The lowest BCUT2D eigenvalue weighted by Crippen LogP contribution is -2.10. The molecule has 0 bridgehead atoms. The molecule has 0 radical (unpaired) electrons. The van der Waals surface area contributed by atoms with Crippen molar-refractivity contribution in [2.24, 2.45) is 5.73 Å². The Morgan fingerprint density at radius 1 is 1.00 bits per heavy atom. The van der Waals surface area contributed by atoms with E-state index in [9.17, 15) is 10.1 Å². The summed E-state index contributed by atoms with van der Waals surface area (Å²) in [6, 6.07) is 21.9. The zero-order valence-electron chi connectivity index (χ0n) is 14.0. The van der Waals surface area contributed by atoms with Gasteiger partial charge in [-0.2, -0.15) is 0 Å². The maximum atomic E-state index is 11.3. The highest BCUT2D eigenvalue weighted by atomic mass is 16.6. The van der Waals surface area contributed by atoms with Gasteiger partial charge in [0.15, 0.2) is 0 Å². The van der Waals surface area contributed by atoms with Crippen molar-refractivity contribution in [2.75, 3.05) is 5.32 Å². The molecule has 3 aromatic carbocycles. The molecule has 130 valence electrons. The van der Waals surface area contributed by atoms with Crippen molar-refractivity contribution in [1.82, 2.24) is 0 Å². The number of nitrogens with zero attached hydrogens (tertiary/aromatic N) is 1. The smallest absolute Gasteiger partial charge is 0.292 e. The molecule has 3 rings (SSSR count). The van der Waals surface area contributed by atoms with E-state index in [1.54, 1.807) is 24.3 Å². The van der Waals surface area contributed by atoms with Crippen LogP contribution in [0, 0.1) is 15.5 Å². The molecular formula is C20H18N4O2. The summed E-state index contributed by atoms with van der Waals surface area (Å²) < 4.78 is 0. The summed E-state index contributed by atoms with van der Waals surface area (Å²) >= 11 is 0. The van der Waals surface area contributed by atoms with Gasteiger partial charge in [0, 0.05) is 18.2 Å². The summed E-state index contributed by atoms with van der Waals surface area (Å²) in [5.41, 5.74) is 9.39. The summed E-state index contributed by atoms with van der Waals surface area (Å²) in [5.74, 6) is 0.00506. The summed E-state index contributed by atoms with van der Waals surface area (Å²) in [7, 11) is 0. The van der Waals surface area contributed by atoms with E-state index in [0.29, 0.717) is 17.8 Å². The maximum Gasteiger partial charge on any atom is 0.292 e. The monoisotopic (exact) mass is 346 g/mol. The van der Waals surface area contributed by atoms with Crippen LogP contribution >= 0.6 is 0 Å². The number of nitro groups is 1. The van der Waals surface area contributed by atoms with Gasteiger partial charge in [-0.05, 0) is 28.8 Å². The molecule has 0 aliphatic heterocycles. The molecule has 0 aliphatic carbocycles. The first-order chi connectivity index (χ1) is 12.5. The fourth-order valence-electron chi connectivity index (χ4n) is 2.65. The van der Waals surface area contributed by atoms with Crippen molar-refractivity contribution in [2.45, 2.75) is 6.54 Å². The normalized spacial score (nSPS) is 10.3. The van der Waals surface area contributed by atoms with Crippen LogP contribution < -0.4 is 11.1 Å². The SMILES string of the molecule is N=C(N)c1ccc(-c2ccc([N+](=O)[O-])c(NCc3ccccc3)c2)cc1. The minimum absolute atomic E-state index is 0.00506. The largest absolute Gasteiger partial charge is 0.384 e. The Kier molecular flexibility index (Phi) is 4.94. The fraction of sp³-hybridized carbons (Fsp3) is 0.0500. The van der Waals surface area contributed by atoms with Gasteiger partial charge in [-0.1, -0.05) is 54.6 Å². The molecule has 0 atom stereocenters. The van der Waals surface area contributed by atoms with E-state index in [0.717, 1.165) is 16.7 Å². The molecule has 0 saturated heterocycles. The van der Waals surface area contributed by atoms with Gasteiger partial charge in [0.05, 0.1) is 4.92 Å². The van der Waals surface area contributed by atoms with Crippen LogP contribution in [0.25, 0.3) is 11.1 Å². The van der Waals surface area contributed by atoms with E-state index in [1.807, 2.05) is 42.5 Å². The van der Waals surface area contributed by atoms with Crippen LogP contribution in [-0.4, -0.2) is 10.8 Å². The van der Waals surface area contributed by atoms with E-state index in [2.05, 4.69) is 5.32 Å². The van der Waals surface area contributed by atoms with E-state index < -0.39 is 4.92 Å². The lowest BCUT2D eigenvalue weighted by molar-refractivity contribution is -0.384. The van der Waals surface area contributed by atoms with Gasteiger partial charge in [0.2, 0.25) is 0 Å². The highest BCUT2D eigenvalue weighted by Gasteiger charge is 2.14. The van der Waals surface area contributed by atoms with Crippen molar-refractivity contribution < 1.29 is 4.92 Å². The van der Waals surface area contributed by atoms with Gasteiger partial charge < -0.3 is 11.1 Å². The average molecular weight is 346 g/mol. The molecule has 0 unspecified atom stereocenters. The van der Waals surface area contributed by atoms with Crippen molar-refractivity contribution >= 4 is 17.2 Å². The molecule has 0 fully saturated rings. The molecule has 4 N–H and O–H groups in total. The van der Waals surface area contributed by atoms with Crippen LogP contribution in [0.1, 0.15) is 11.1 Å². The Balaban J connectivity index is 1.90. The Labute approximate surface area is 151 Å².